The second kappa shape index (κ2) is 5.92. The Balaban J connectivity index is 2.08. The summed E-state index contributed by atoms with van der Waals surface area (Å²) in [4.78, 5) is 16.2. The molecular formula is C15H10ClF3N4O2. The van der Waals surface area contributed by atoms with Gasteiger partial charge in [0.25, 0.3) is 5.91 Å². The highest BCUT2D eigenvalue weighted by Gasteiger charge is 2.36. The van der Waals surface area contributed by atoms with E-state index in [2.05, 4.69) is 15.4 Å². The van der Waals surface area contributed by atoms with Gasteiger partial charge in [0.05, 0.1) is 0 Å². The Kier molecular flexibility index (Phi) is 4.03. The second-order valence-electron chi connectivity index (χ2n) is 5.18. The van der Waals surface area contributed by atoms with Crippen molar-refractivity contribution in [2.75, 3.05) is 5.32 Å². The fraction of sp³-hybridized carbons (Fsp3) is 0.133. The third-order valence-corrected chi connectivity index (χ3v) is 3.62. The lowest BCUT2D eigenvalue weighted by Crippen LogP contribution is -2.15. The number of benzene rings is 1. The number of hydrogen-bond acceptors (Lipinski definition) is 4. The molecule has 0 atom stereocenters. The first-order valence-electron chi connectivity index (χ1n) is 6.90. The van der Waals surface area contributed by atoms with Crippen LogP contribution in [0.3, 0.4) is 0 Å². The highest BCUT2D eigenvalue weighted by molar-refractivity contribution is 6.37. The van der Waals surface area contributed by atoms with Gasteiger partial charge in [-0.05, 0) is 25.1 Å². The number of alkyl halides is 3. The van der Waals surface area contributed by atoms with Gasteiger partial charge < -0.3 is 10.4 Å². The molecule has 0 radical (unpaired) electrons. The second-order valence-corrected chi connectivity index (χ2v) is 5.56. The number of phenols is 1. The van der Waals surface area contributed by atoms with Crippen molar-refractivity contribution in [2.24, 2.45) is 0 Å². The summed E-state index contributed by atoms with van der Waals surface area (Å²) in [5.41, 5.74) is -1.45. The maximum absolute atomic E-state index is 13.2. The summed E-state index contributed by atoms with van der Waals surface area (Å²) < 4.78 is 40.0. The number of nitrogens with zero attached hydrogens (tertiary/aromatic N) is 3. The number of aromatic nitrogens is 3. The smallest absolute Gasteiger partial charge is 0.433 e. The quantitative estimate of drug-likeness (QED) is 0.721. The highest BCUT2D eigenvalue weighted by atomic mass is 35.5. The molecule has 0 fully saturated rings. The summed E-state index contributed by atoms with van der Waals surface area (Å²) in [6.07, 6.45) is -4.69. The number of amides is 1. The number of rotatable bonds is 2. The van der Waals surface area contributed by atoms with Crippen LogP contribution in [0.2, 0.25) is 5.02 Å². The summed E-state index contributed by atoms with van der Waals surface area (Å²) in [5.74, 6) is -0.914. The number of phenolic OH excluding ortho intramolecular Hbond substituents is 1. The molecule has 0 saturated heterocycles. The third kappa shape index (κ3) is 3.22. The molecule has 0 spiro atoms. The van der Waals surface area contributed by atoms with E-state index in [9.17, 15) is 23.1 Å². The zero-order chi connectivity index (χ0) is 18.4. The molecule has 2 heterocycles. The van der Waals surface area contributed by atoms with E-state index in [0.29, 0.717) is 4.52 Å². The van der Waals surface area contributed by atoms with Gasteiger partial charge in [-0.2, -0.15) is 18.3 Å². The van der Waals surface area contributed by atoms with Gasteiger partial charge in [-0.25, -0.2) is 9.50 Å². The predicted molar refractivity (Wildman–Crippen MR) is 83.8 cm³/mol. The lowest BCUT2D eigenvalue weighted by molar-refractivity contribution is -0.142. The number of fused-ring (bicyclic) bond motifs is 1. The van der Waals surface area contributed by atoms with Crippen molar-refractivity contribution in [3.8, 4) is 5.75 Å². The van der Waals surface area contributed by atoms with Gasteiger partial charge >= 0.3 is 6.18 Å². The number of hydrogen-bond donors (Lipinski definition) is 2. The Morgan fingerprint density at radius 2 is 2.04 bits per heavy atom. The van der Waals surface area contributed by atoms with Crippen molar-refractivity contribution < 1.29 is 23.1 Å². The summed E-state index contributed by atoms with van der Waals surface area (Å²) in [6.45, 7) is 1.38. The van der Waals surface area contributed by atoms with Gasteiger partial charge in [0.1, 0.15) is 16.5 Å². The van der Waals surface area contributed by atoms with E-state index >= 15 is 0 Å². The van der Waals surface area contributed by atoms with Crippen LogP contribution >= 0.6 is 11.6 Å². The molecule has 3 rings (SSSR count). The van der Waals surface area contributed by atoms with Crippen molar-refractivity contribution in [3.63, 3.8) is 0 Å². The van der Waals surface area contributed by atoms with E-state index in [0.717, 1.165) is 6.07 Å². The van der Waals surface area contributed by atoms with Gasteiger partial charge in [-0.15, -0.1) is 0 Å². The Bertz CT molecular complexity index is 985. The van der Waals surface area contributed by atoms with Crippen molar-refractivity contribution in [1.29, 1.82) is 0 Å². The van der Waals surface area contributed by atoms with E-state index in [1.165, 1.54) is 31.2 Å². The minimum atomic E-state index is -4.69. The standard InChI is InChI=1S/C15H10ClF3N4O2/c1-7-5-10(15(17,18)19)23-13(20-7)11(16)12(22-23)14(25)21-8-3-2-4-9(24)6-8/h2-6,24H,1H3,(H,21,25). The molecule has 25 heavy (non-hydrogen) atoms. The van der Waals surface area contributed by atoms with Crippen molar-refractivity contribution >= 4 is 28.8 Å². The van der Waals surface area contributed by atoms with Crippen LogP contribution < -0.4 is 5.32 Å². The van der Waals surface area contributed by atoms with E-state index < -0.39 is 23.5 Å². The Labute approximate surface area is 143 Å². The average molecular weight is 371 g/mol. The molecular weight excluding hydrogens is 361 g/mol. The van der Waals surface area contributed by atoms with E-state index in [4.69, 9.17) is 11.6 Å². The molecule has 3 aromatic rings. The van der Waals surface area contributed by atoms with Crippen LogP contribution in [0.15, 0.2) is 30.3 Å². The van der Waals surface area contributed by atoms with E-state index in [1.807, 2.05) is 0 Å². The van der Waals surface area contributed by atoms with E-state index in [-0.39, 0.29) is 27.8 Å². The number of anilines is 1. The average Bonchev–Trinajstić information content (AvgIpc) is 2.83. The number of nitrogens with one attached hydrogen (secondary N) is 1. The van der Waals surface area contributed by atoms with Crippen LogP contribution in [-0.4, -0.2) is 25.6 Å². The largest absolute Gasteiger partial charge is 0.508 e. The molecule has 1 amide bonds. The van der Waals surface area contributed by atoms with Crippen LogP contribution in [0, 0.1) is 6.92 Å². The minimum absolute atomic E-state index is 0.0848. The van der Waals surface area contributed by atoms with Crippen LogP contribution in [-0.2, 0) is 6.18 Å². The number of carbonyl (C=O) groups is 1. The van der Waals surface area contributed by atoms with Gasteiger partial charge in [0.2, 0.25) is 0 Å². The van der Waals surface area contributed by atoms with Gasteiger partial charge in [0, 0.05) is 17.4 Å². The number of carbonyl (C=O) groups excluding carboxylic acids is 1. The maximum atomic E-state index is 13.2. The molecule has 1 aromatic carbocycles. The normalized spacial score (nSPS) is 11.7. The summed E-state index contributed by atoms with van der Waals surface area (Å²) in [6, 6.07) is 6.46. The first-order chi connectivity index (χ1) is 11.7. The number of aromatic hydroxyl groups is 1. The van der Waals surface area contributed by atoms with Crippen LogP contribution in [0.1, 0.15) is 21.9 Å². The molecule has 130 valence electrons. The SMILES string of the molecule is Cc1cc(C(F)(F)F)n2nc(C(=O)Nc3cccc(O)c3)c(Cl)c2n1. The summed E-state index contributed by atoms with van der Waals surface area (Å²) >= 11 is 6.02. The lowest BCUT2D eigenvalue weighted by atomic mass is 10.3. The molecule has 10 heteroatoms. The summed E-state index contributed by atoms with van der Waals surface area (Å²) in [5, 5.41) is 15.2. The number of aryl methyl sites for hydroxylation is 1. The fourth-order valence-corrected chi connectivity index (χ4v) is 2.48. The molecule has 6 nitrogen and oxygen atoms in total. The predicted octanol–water partition coefficient (Wildman–Crippen LogP) is 3.67. The Morgan fingerprint density at radius 3 is 2.68 bits per heavy atom. The molecule has 0 unspecified atom stereocenters. The van der Waals surface area contributed by atoms with Gasteiger partial charge in [-0.1, -0.05) is 17.7 Å². The van der Waals surface area contributed by atoms with Crippen LogP contribution in [0.4, 0.5) is 18.9 Å². The lowest BCUT2D eigenvalue weighted by Gasteiger charge is -2.09. The highest BCUT2D eigenvalue weighted by Crippen LogP contribution is 2.32. The summed E-state index contributed by atoms with van der Waals surface area (Å²) in [7, 11) is 0. The van der Waals surface area contributed by atoms with E-state index in [1.54, 1.807) is 0 Å². The molecule has 0 bridgehead atoms. The first kappa shape index (κ1) is 17.0. The zero-order valence-corrected chi connectivity index (χ0v) is 13.4. The fourth-order valence-electron chi connectivity index (χ4n) is 2.23. The van der Waals surface area contributed by atoms with Crippen molar-refractivity contribution in [1.82, 2.24) is 14.6 Å². The third-order valence-electron chi connectivity index (χ3n) is 3.27. The minimum Gasteiger partial charge on any atom is -0.508 e. The molecule has 2 aromatic heterocycles. The first-order valence-corrected chi connectivity index (χ1v) is 7.28. The van der Waals surface area contributed by atoms with Crippen molar-refractivity contribution in [3.05, 3.63) is 52.4 Å². The van der Waals surface area contributed by atoms with Crippen molar-refractivity contribution in [2.45, 2.75) is 13.1 Å². The van der Waals surface area contributed by atoms with Gasteiger partial charge in [0.15, 0.2) is 11.3 Å². The maximum Gasteiger partial charge on any atom is 0.433 e. The monoisotopic (exact) mass is 370 g/mol. The molecule has 0 aliphatic rings. The van der Waals surface area contributed by atoms with Gasteiger partial charge in [-0.3, -0.25) is 4.79 Å². The Morgan fingerprint density at radius 1 is 1.32 bits per heavy atom. The Hall–Kier alpha value is -2.81. The molecule has 0 saturated carbocycles. The topological polar surface area (TPSA) is 79.5 Å². The molecule has 0 aliphatic carbocycles. The molecule has 0 aliphatic heterocycles. The number of halogens is 4. The van der Waals surface area contributed by atoms with Crippen LogP contribution in [0.5, 0.6) is 5.75 Å². The molecule has 2 N–H and O–H groups in total. The van der Waals surface area contributed by atoms with Crippen LogP contribution in [0.25, 0.3) is 5.65 Å². The zero-order valence-electron chi connectivity index (χ0n) is 12.6.